The van der Waals surface area contributed by atoms with Crippen molar-refractivity contribution in [2.24, 2.45) is 0 Å². The Labute approximate surface area is 152 Å². The maximum absolute atomic E-state index is 13.5. The molecule has 0 atom stereocenters. The van der Waals surface area contributed by atoms with Gasteiger partial charge in [-0.15, -0.1) is 11.8 Å². The van der Waals surface area contributed by atoms with Gasteiger partial charge < -0.3 is 10.1 Å². The van der Waals surface area contributed by atoms with Crippen LogP contribution in [0.1, 0.15) is 11.1 Å². The molecule has 0 saturated carbocycles. The van der Waals surface area contributed by atoms with Gasteiger partial charge >= 0.3 is 5.97 Å². The van der Waals surface area contributed by atoms with Crippen LogP contribution in [0.3, 0.4) is 0 Å². The highest BCUT2D eigenvalue weighted by Gasteiger charge is 2.16. The van der Waals surface area contributed by atoms with Crippen LogP contribution in [-0.4, -0.2) is 24.2 Å². The van der Waals surface area contributed by atoms with Crippen molar-refractivity contribution >= 4 is 29.3 Å². The molecule has 138 valence electrons. The molecule has 0 heterocycles. The van der Waals surface area contributed by atoms with E-state index in [0.29, 0.717) is 6.07 Å². The molecule has 2 aromatic rings. The minimum absolute atomic E-state index is 0.00287. The van der Waals surface area contributed by atoms with Crippen molar-refractivity contribution in [2.45, 2.75) is 18.7 Å². The summed E-state index contributed by atoms with van der Waals surface area (Å²) >= 11 is 1.27. The van der Waals surface area contributed by atoms with Gasteiger partial charge in [0.1, 0.15) is 0 Å². The normalized spacial score (nSPS) is 10.5. The molecule has 1 N–H and O–H groups in total. The molecule has 26 heavy (non-hydrogen) atoms. The number of nitrogens with one attached hydrogen (secondary N) is 1. The summed E-state index contributed by atoms with van der Waals surface area (Å²) in [5.41, 5.74) is 1.54. The van der Waals surface area contributed by atoms with Gasteiger partial charge in [0, 0.05) is 4.90 Å². The molecule has 0 spiro atoms. The smallest absolute Gasteiger partial charge is 0.316 e. The van der Waals surface area contributed by atoms with Gasteiger partial charge in [0.05, 0.1) is 11.4 Å². The fraction of sp³-hybridized carbons (Fsp3) is 0.222. The number of aryl methyl sites for hydroxylation is 2. The van der Waals surface area contributed by atoms with Gasteiger partial charge in [-0.2, -0.15) is 0 Å². The summed E-state index contributed by atoms with van der Waals surface area (Å²) in [5.74, 6) is -6.07. The van der Waals surface area contributed by atoms with Crippen LogP contribution < -0.4 is 5.32 Å². The maximum Gasteiger partial charge on any atom is 0.316 e. The first-order chi connectivity index (χ1) is 12.3. The summed E-state index contributed by atoms with van der Waals surface area (Å²) in [6, 6.07) is 7.39. The van der Waals surface area contributed by atoms with E-state index in [0.717, 1.165) is 22.1 Å². The first-order valence-corrected chi connectivity index (χ1v) is 8.55. The van der Waals surface area contributed by atoms with Gasteiger partial charge in [-0.3, -0.25) is 9.59 Å². The molecule has 0 bridgehead atoms. The summed E-state index contributed by atoms with van der Waals surface area (Å²) < 4.78 is 44.2. The molecule has 1 amide bonds. The van der Waals surface area contributed by atoms with E-state index in [-0.39, 0.29) is 5.75 Å². The van der Waals surface area contributed by atoms with Gasteiger partial charge in [0.2, 0.25) is 0 Å². The topological polar surface area (TPSA) is 55.4 Å². The minimum Gasteiger partial charge on any atom is -0.455 e. The molecule has 2 rings (SSSR count). The zero-order valence-corrected chi connectivity index (χ0v) is 14.9. The summed E-state index contributed by atoms with van der Waals surface area (Å²) in [6.07, 6.45) is 0. The van der Waals surface area contributed by atoms with Crippen LogP contribution in [0.4, 0.5) is 18.9 Å². The second-order valence-corrected chi connectivity index (χ2v) is 6.51. The van der Waals surface area contributed by atoms with Crippen molar-refractivity contribution < 1.29 is 27.5 Å². The molecule has 0 aromatic heterocycles. The lowest BCUT2D eigenvalue weighted by atomic mass is 10.2. The van der Waals surface area contributed by atoms with Crippen molar-refractivity contribution in [1.82, 2.24) is 0 Å². The van der Waals surface area contributed by atoms with Gasteiger partial charge in [0.15, 0.2) is 24.1 Å². The second kappa shape index (κ2) is 8.75. The highest BCUT2D eigenvalue weighted by Crippen LogP contribution is 2.23. The molecule has 4 nitrogen and oxygen atoms in total. The molecule has 0 aliphatic heterocycles. The monoisotopic (exact) mass is 383 g/mol. The highest BCUT2D eigenvalue weighted by atomic mass is 32.2. The van der Waals surface area contributed by atoms with Crippen LogP contribution in [-0.2, 0) is 14.3 Å². The van der Waals surface area contributed by atoms with E-state index in [9.17, 15) is 22.8 Å². The molecule has 0 fully saturated rings. The van der Waals surface area contributed by atoms with Gasteiger partial charge in [0.25, 0.3) is 5.91 Å². The van der Waals surface area contributed by atoms with Crippen LogP contribution in [0.5, 0.6) is 0 Å². The van der Waals surface area contributed by atoms with E-state index >= 15 is 0 Å². The number of thioether (sulfide) groups is 1. The summed E-state index contributed by atoms with van der Waals surface area (Å²) in [6.45, 7) is 3.19. The lowest BCUT2D eigenvalue weighted by molar-refractivity contribution is -0.144. The Morgan fingerprint density at radius 1 is 1.08 bits per heavy atom. The third-order valence-corrected chi connectivity index (χ3v) is 4.49. The Kier molecular flexibility index (Phi) is 6.68. The van der Waals surface area contributed by atoms with E-state index in [1.165, 1.54) is 11.8 Å². The van der Waals surface area contributed by atoms with E-state index < -0.39 is 41.6 Å². The molecule has 0 radical (unpaired) electrons. The number of benzene rings is 2. The number of hydrogen-bond acceptors (Lipinski definition) is 4. The molecule has 0 unspecified atom stereocenters. The number of ether oxygens (including phenoxy) is 1. The first-order valence-electron chi connectivity index (χ1n) is 7.57. The van der Waals surface area contributed by atoms with Gasteiger partial charge in [-0.1, -0.05) is 17.7 Å². The van der Waals surface area contributed by atoms with Crippen LogP contribution in [0.25, 0.3) is 0 Å². The number of esters is 1. The van der Waals surface area contributed by atoms with Crippen molar-refractivity contribution in [1.29, 1.82) is 0 Å². The van der Waals surface area contributed by atoms with Gasteiger partial charge in [-0.25, -0.2) is 13.2 Å². The van der Waals surface area contributed by atoms with Crippen LogP contribution in [0.2, 0.25) is 0 Å². The zero-order chi connectivity index (χ0) is 19.3. The third kappa shape index (κ3) is 5.26. The van der Waals surface area contributed by atoms with E-state index in [4.69, 9.17) is 4.74 Å². The average Bonchev–Trinajstić information content (AvgIpc) is 2.61. The lowest BCUT2D eigenvalue weighted by Gasteiger charge is -2.09. The van der Waals surface area contributed by atoms with E-state index in [1.807, 2.05) is 37.4 Å². The number of rotatable bonds is 6. The third-order valence-electron chi connectivity index (χ3n) is 3.36. The van der Waals surface area contributed by atoms with Crippen molar-refractivity contribution in [3.05, 3.63) is 58.9 Å². The van der Waals surface area contributed by atoms with Crippen LogP contribution in [0.15, 0.2) is 35.2 Å². The summed E-state index contributed by atoms with van der Waals surface area (Å²) in [7, 11) is 0. The second-order valence-electron chi connectivity index (χ2n) is 5.49. The molecular formula is C18H16F3NO3S. The van der Waals surface area contributed by atoms with Crippen molar-refractivity contribution in [3.8, 4) is 0 Å². The standard InChI is InChI=1S/C18H16F3NO3S/c1-10-3-4-11(2)14(7-10)26-9-16(24)25-8-15(23)22-13-6-5-12(19)17(20)18(13)21/h3-7H,8-9H2,1-2H3,(H,22,23). The molecular weight excluding hydrogens is 367 g/mol. The number of anilines is 1. The number of hydrogen-bond donors (Lipinski definition) is 1. The maximum atomic E-state index is 13.5. The average molecular weight is 383 g/mol. The van der Waals surface area contributed by atoms with Crippen molar-refractivity contribution in [3.63, 3.8) is 0 Å². The molecule has 0 aliphatic carbocycles. The zero-order valence-electron chi connectivity index (χ0n) is 14.1. The molecule has 2 aromatic carbocycles. The van der Waals surface area contributed by atoms with Gasteiger partial charge in [-0.05, 0) is 37.6 Å². The highest BCUT2D eigenvalue weighted by molar-refractivity contribution is 8.00. The number of amides is 1. The SMILES string of the molecule is Cc1ccc(C)c(SCC(=O)OCC(=O)Nc2ccc(F)c(F)c2F)c1. The Hall–Kier alpha value is -2.48. The number of carbonyl (C=O) groups is 2. The summed E-state index contributed by atoms with van der Waals surface area (Å²) in [5, 5.41) is 2.02. The Balaban J connectivity index is 1.83. The molecule has 8 heteroatoms. The largest absolute Gasteiger partial charge is 0.455 e. The van der Waals surface area contributed by atoms with Crippen LogP contribution in [0, 0.1) is 31.3 Å². The Bertz CT molecular complexity index is 843. The molecule has 0 aliphatic rings. The fourth-order valence-electron chi connectivity index (χ4n) is 2.00. The summed E-state index contributed by atoms with van der Waals surface area (Å²) in [4.78, 5) is 24.3. The van der Waals surface area contributed by atoms with Crippen LogP contribution >= 0.6 is 11.8 Å². The Morgan fingerprint density at radius 2 is 1.81 bits per heavy atom. The molecule has 0 saturated heterocycles. The number of halogens is 3. The Morgan fingerprint density at radius 3 is 2.54 bits per heavy atom. The lowest BCUT2D eigenvalue weighted by Crippen LogP contribution is -2.22. The first kappa shape index (κ1) is 19.8. The van der Waals surface area contributed by atoms with E-state index in [2.05, 4.69) is 0 Å². The minimum atomic E-state index is -1.69. The predicted molar refractivity (Wildman–Crippen MR) is 92.5 cm³/mol. The van der Waals surface area contributed by atoms with E-state index in [1.54, 1.807) is 0 Å². The predicted octanol–water partition coefficient (Wildman–Crippen LogP) is 3.99. The fourth-order valence-corrected chi connectivity index (χ4v) is 2.92. The number of carbonyl (C=O) groups excluding carboxylic acids is 2. The van der Waals surface area contributed by atoms with Crippen molar-refractivity contribution in [2.75, 3.05) is 17.7 Å². The quantitative estimate of drug-likeness (QED) is 0.466.